The molecule has 0 aliphatic carbocycles. The van der Waals surface area contributed by atoms with Gasteiger partial charge in [0.25, 0.3) is 6.01 Å². The van der Waals surface area contributed by atoms with Crippen LogP contribution in [-0.2, 0) is 13.1 Å². The summed E-state index contributed by atoms with van der Waals surface area (Å²) >= 11 is 3.83. The minimum Gasteiger partial charge on any atom is -0.494 e. The summed E-state index contributed by atoms with van der Waals surface area (Å²) in [5.74, 6) is 1.93. The lowest BCUT2D eigenvalue weighted by Gasteiger charge is -2.14. The number of halogens is 1. The topological polar surface area (TPSA) is 74.3 Å². The Bertz CT molecular complexity index is 1540. The van der Waals surface area contributed by atoms with Crippen LogP contribution in [0.4, 0.5) is 0 Å². The van der Waals surface area contributed by atoms with Crippen molar-refractivity contribution in [2.45, 2.75) is 32.9 Å². The molecule has 5 aromatic rings. The summed E-state index contributed by atoms with van der Waals surface area (Å²) < 4.78 is 16.4. The first-order valence-electron chi connectivity index (χ1n) is 11.9. The van der Waals surface area contributed by atoms with Crippen molar-refractivity contribution in [2.75, 3.05) is 20.8 Å². The van der Waals surface area contributed by atoms with E-state index in [9.17, 15) is 5.11 Å². The van der Waals surface area contributed by atoms with Gasteiger partial charge in [0.05, 0.1) is 42.9 Å². The Hall–Kier alpha value is -3.36. The number of aliphatic hydroxyl groups excluding tert-OH is 1. The Labute approximate surface area is 218 Å². The molecule has 5 rings (SSSR count). The van der Waals surface area contributed by atoms with Crippen LogP contribution in [0.25, 0.3) is 33.5 Å². The second kappa shape index (κ2) is 9.95. The number of rotatable bonds is 8. The van der Waals surface area contributed by atoms with E-state index >= 15 is 0 Å². The number of hydrogen-bond acceptors (Lipinski definition) is 5. The highest BCUT2D eigenvalue weighted by Crippen LogP contribution is 2.39. The molecule has 0 saturated heterocycles. The average Bonchev–Trinajstić information content (AvgIpc) is 3.45. The molecule has 7 nitrogen and oxygen atoms in total. The van der Waals surface area contributed by atoms with Gasteiger partial charge < -0.3 is 19.1 Å². The van der Waals surface area contributed by atoms with Gasteiger partial charge in [-0.1, -0.05) is 50.2 Å². The first-order valence-corrected chi connectivity index (χ1v) is 12.7. The molecule has 3 aromatic carbocycles. The third-order valence-corrected chi connectivity index (χ3v) is 7.39. The third-order valence-electron chi connectivity index (χ3n) is 6.51. The number of methoxy groups -OCH3 is 2. The monoisotopic (exact) mass is 548 g/mol. The zero-order valence-corrected chi connectivity index (χ0v) is 22.4. The van der Waals surface area contributed by atoms with Gasteiger partial charge in [0.1, 0.15) is 22.6 Å². The lowest BCUT2D eigenvalue weighted by Crippen LogP contribution is -2.06. The summed E-state index contributed by atoms with van der Waals surface area (Å²) in [7, 11) is 3.29. The van der Waals surface area contributed by atoms with Crippen LogP contribution in [0.5, 0.6) is 11.8 Å². The number of aliphatic hydroxyl groups is 1. The molecule has 8 heteroatoms. The van der Waals surface area contributed by atoms with E-state index < -0.39 is 0 Å². The molecule has 0 unspecified atom stereocenters. The Morgan fingerprint density at radius 3 is 2.39 bits per heavy atom. The minimum absolute atomic E-state index is 0.0106. The molecule has 0 amide bonds. The molecule has 0 aliphatic rings. The van der Waals surface area contributed by atoms with Gasteiger partial charge in [0.2, 0.25) is 0 Å². The van der Waals surface area contributed by atoms with Crippen molar-refractivity contribution in [2.24, 2.45) is 0 Å². The number of nitrogens with zero attached hydrogens (tertiary/aromatic N) is 4. The third kappa shape index (κ3) is 4.14. The van der Waals surface area contributed by atoms with Gasteiger partial charge >= 0.3 is 0 Å². The molecule has 0 spiro atoms. The average molecular weight is 549 g/mol. The van der Waals surface area contributed by atoms with Crippen molar-refractivity contribution in [3.05, 3.63) is 70.2 Å². The minimum atomic E-state index is -0.0106. The Morgan fingerprint density at radius 2 is 1.72 bits per heavy atom. The van der Waals surface area contributed by atoms with Crippen molar-refractivity contribution < 1.29 is 14.6 Å². The zero-order chi connectivity index (χ0) is 25.4. The summed E-state index contributed by atoms with van der Waals surface area (Å²) in [4.78, 5) is 9.66. The lowest BCUT2D eigenvalue weighted by molar-refractivity contribution is 0.278. The maximum absolute atomic E-state index is 9.88. The first kappa shape index (κ1) is 24.3. The van der Waals surface area contributed by atoms with Crippen LogP contribution in [0.1, 0.15) is 30.9 Å². The summed E-state index contributed by atoms with van der Waals surface area (Å²) in [6.45, 7) is 5.26. The smallest absolute Gasteiger partial charge is 0.297 e. The van der Waals surface area contributed by atoms with E-state index in [-0.39, 0.29) is 6.61 Å². The molecule has 1 N–H and O–H groups in total. The van der Waals surface area contributed by atoms with Crippen molar-refractivity contribution >= 4 is 38.0 Å². The predicted molar refractivity (Wildman–Crippen MR) is 146 cm³/mol. The highest BCUT2D eigenvalue weighted by molar-refractivity contribution is 9.10. The molecule has 0 atom stereocenters. The zero-order valence-electron chi connectivity index (χ0n) is 20.8. The van der Waals surface area contributed by atoms with Gasteiger partial charge in [0, 0.05) is 12.1 Å². The molecule has 0 radical (unpaired) electrons. The molecule has 36 heavy (non-hydrogen) atoms. The maximum Gasteiger partial charge on any atom is 0.297 e. The van der Waals surface area contributed by atoms with Gasteiger partial charge in [0.15, 0.2) is 0 Å². The SMILES string of the molecule is COc1cc(Cn2c(OC)nc3ccccc32)c(Br)c2nc(-c3ccc(C(C)C)cc3)n(CCO)c12. The Balaban J connectivity index is 1.69. The molecule has 0 aliphatic heterocycles. The van der Waals surface area contributed by atoms with Crippen LogP contribution < -0.4 is 9.47 Å². The standard InChI is InChI=1S/C28H29BrN4O3/c1-17(2)18-9-11-19(12-10-18)27-31-25-24(29)20(15-23(35-3)26(25)32(27)13-14-34)16-33-22-8-6-5-7-21(22)30-28(33)36-4/h5-12,15,17,34H,13-14,16H2,1-4H3. The van der Waals surface area contributed by atoms with E-state index in [4.69, 9.17) is 14.5 Å². The number of fused-ring (bicyclic) bond motifs is 2. The normalized spacial score (nSPS) is 11.6. The van der Waals surface area contributed by atoms with Gasteiger partial charge in [-0.3, -0.25) is 4.57 Å². The fourth-order valence-corrected chi connectivity index (χ4v) is 5.17. The van der Waals surface area contributed by atoms with Crippen LogP contribution in [0.15, 0.2) is 59.1 Å². The fourth-order valence-electron chi connectivity index (χ4n) is 4.66. The summed E-state index contributed by atoms with van der Waals surface area (Å²) in [5, 5.41) is 9.88. The number of hydrogen-bond donors (Lipinski definition) is 1. The van der Waals surface area contributed by atoms with E-state index in [0.717, 1.165) is 43.5 Å². The molecular weight excluding hydrogens is 520 g/mol. The lowest BCUT2D eigenvalue weighted by atomic mass is 10.0. The van der Waals surface area contributed by atoms with E-state index in [1.165, 1.54) is 5.56 Å². The van der Waals surface area contributed by atoms with Crippen molar-refractivity contribution in [1.82, 2.24) is 19.1 Å². The largest absolute Gasteiger partial charge is 0.494 e. The summed E-state index contributed by atoms with van der Waals surface area (Å²) in [5.41, 5.74) is 6.72. The fraction of sp³-hybridized carbons (Fsp3) is 0.286. The van der Waals surface area contributed by atoms with Gasteiger partial charge in [-0.05, 0) is 51.2 Å². The van der Waals surface area contributed by atoms with E-state index in [1.807, 2.05) is 39.5 Å². The Kier molecular flexibility index (Phi) is 6.73. The molecule has 2 aromatic heterocycles. The highest BCUT2D eigenvalue weighted by Gasteiger charge is 2.22. The molecule has 0 bridgehead atoms. The quantitative estimate of drug-likeness (QED) is 0.257. The molecule has 2 heterocycles. The molecular formula is C28H29BrN4O3. The molecule has 0 saturated carbocycles. The van der Waals surface area contributed by atoms with Crippen molar-refractivity contribution in [3.8, 4) is 23.1 Å². The van der Waals surface area contributed by atoms with Crippen LogP contribution in [0.2, 0.25) is 0 Å². The van der Waals surface area contributed by atoms with E-state index in [1.54, 1.807) is 14.2 Å². The maximum atomic E-state index is 9.88. The summed E-state index contributed by atoms with van der Waals surface area (Å²) in [6.07, 6.45) is 0. The van der Waals surface area contributed by atoms with E-state index in [0.29, 0.717) is 30.8 Å². The van der Waals surface area contributed by atoms with Crippen molar-refractivity contribution in [1.29, 1.82) is 0 Å². The van der Waals surface area contributed by atoms with Gasteiger partial charge in [-0.15, -0.1) is 0 Å². The number of aromatic nitrogens is 4. The van der Waals surface area contributed by atoms with E-state index in [2.05, 4.69) is 59.0 Å². The van der Waals surface area contributed by atoms with Crippen LogP contribution in [0, 0.1) is 0 Å². The van der Waals surface area contributed by atoms with Gasteiger partial charge in [-0.25, -0.2) is 4.98 Å². The number of ether oxygens (including phenoxy) is 2. The first-order chi connectivity index (χ1) is 17.5. The number of imidazole rings is 2. The summed E-state index contributed by atoms with van der Waals surface area (Å²) in [6, 6.07) is 19.0. The van der Waals surface area contributed by atoms with Crippen LogP contribution >= 0.6 is 15.9 Å². The molecule has 186 valence electrons. The second-order valence-electron chi connectivity index (χ2n) is 9.01. The molecule has 0 fully saturated rings. The van der Waals surface area contributed by atoms with Crippen molar-refractivity contribution in [3.63, 3.8) is 0 Å². The Morgan fingerprint density at radius 1 is 0.972 bits per heavy atom. The van der Waals surface area contributed by atoms with Crippen LogP contribution in [0.3, 0.4) is 0 Å². The van der Waals surface area contributed by atoms with Crippen LogP contribution in [-0.4, -0.2) is 45.0 Å². The van der Waals surface area contributed by atoms with Gasteiger partial charge in [-0.2, -0.15) is 4.98 Å². The number of para-hydroxylation sites is 2. The highest BCUT2D eigenvalue weighted by atomic mass is 79.9. The number of benzene rings is 3. The second-order valence-corrected chi connectivity index (χ2v) is 9.80. The predicted octanol–water partition coefficient (Wildman–Crippen LogP) is 6.00.